The van der Waals surface area contributed by atoms with E-state index in [1.165, 1.54) is 60.9 Å². The van der Waals surface area contributed by atoms with Crippen LogP contribution < -0.4 is 15.1 Å². The van der Waals surface area contributed by atoms with Gasteiger partial charge >= 0.3 is 0 Å². The molecule has 1 aromatic carbocycles. The molecule has 0 bridgehead atoms. The third kappa shape index (κ3) is 6.42. The Morgan fingerprint density at radius 2 is 1.86 bits per heavy atom. The van der Waals surface area contributed by atoms with Gasteiger partial charge in [0.1, 0.15) is 5.76 Å². The summed E-state index contributed by atoms with van der Waals surface area (Å²) in [6, 6.07) is 11.8. The third-order valence-corrected chi connectivity index (χ3v) is 11.7. The first-order valence-corrected chi connectivity index (χ1v) is 19.6. The fourth-order valence-electron chi connectivity index (χ4n) is 7.55. The summed E-state index contributed by atoms with van der Waals surface area (Å²) in [6.07, 6.45) is 16.4. The SMILES string of the molecule is C=CC(=NC)C1=C(CCC2c3ccccc3-c3cc(CC4CCCCC4)c([Si](C)(C)C)c[n+]3C2C=C)CNC(=C)OC1=C. The number of aromatic nitrogens is 1. The van der Waals surface area contributed by atoms with Crippen molar-refractivity contribution in [2.24, 2.45) is 10.9 Å². The number of ether oxygens (including phenoxy) is 1. The predicted molar refractivity (Wildman–Crippen MR) is 184 cm³/mol. The van der Waals surface area contributed by atoms with Gasteiger partial charge in [-0.3, -0.25) is 4.99 Å². The van der Waals surface area contributed by atoms with Gasteiger partial charge in [0.25, 0.3) is 0 Å². The summed E-state index contributed by atoms with van der Waals surface area (Å²) in [6.45, 7) is 24.8. The van der Waals surface area contributed by atoms with Crippen molar-refractivity contribution in [1.82, 2.24) is 5.32 Å². The Balaban J connectivity index is 1.57. The molecule has 1 aliphatic carbocycles. The van der Waals surface area contributed by atoms with Crippen LogP contribution in [0.15, 0.2) is 103 Å². The first-order chi connectivity index (χ1) is 20.7. The molecule has 0 saturated heterocycles. The van der Waals surface area contributed by atoms with E-state index in [9.17, 15) is 0 Å². The van der Waals surface area contributed by atoms with Crippen molar-refractivity contribution in [2.75, 3.05) is 13.6 Å². The molecule has 0 spiro atoms. The van der Waals surface area contributed by atoms with Gasteiger partial charge < -0.3 is 10.1 Å². The Kier molecular flexibility index (Phi) is 9.41. The van der Waals surface area contributed by atoms with Crippen LogP contribution in [0.25, 0.3) is 11.3 Å². The van der Waals surface area contributed by atoms with E-state index in [1.54, 1.807) is 23.9 Å². The van der Waals surface area contributed by atoms with Crippen LogP contribution >= 0.6 is 0 Å². The Morgan fingerprint density at radius 1 is 1.12 bits per heavy atom. The van der Waals surface area contributed by atoms with Crippen molar-refractivity contribution in [3.63, 3.8) is 0 Å². The maximum Gasteiger partial charge on any atom is 0.213 e. The number of benzene rings is 1. The summed E-state index contributed by atoms with van der Waals surface area (Å²) in [5, 5.41) is 4.93. The van der Waals surface area contributed by atoms with E-state index in [0.29, 0.717) is 18.2 Å². The van der Waals surface area contributed by atoms with Gasteiger partial charge in [0.15, 0.2) is 18.1 Å². The highest BCUT2D eigenvalue weighted by Crippen LogP contribution is 2.42. The van der Waals surface area contributed by atoms with Gasteiger partial charge in [0.05, 0.1) is 19.7 Å². The number of nitrogens with zero attached hydrogens (tertiary/aromatic N) is 2. The Labute approximate surface area is 260 Å². The summed E-state index contributed by atoms with van der Waals surface area (Å²) in [4.78, 5) is 4.50. The molecule has 0 amide bonds. The summed E-state index contributed by atoms with van der Waals surface area (Å²) in [7, 11) is 0.193. The van der Waals surface area contributed by atoms with Gasteiger partial charge in [0.2, 0.25) is 5.69 Å². The molecule has 0 radical (unpaired) electrons. The molecule has 43 heavy (non-hydrogen) atoms. The third-order valence-electron chi connectivity index (χ3n) is 9.68. The van der Waals surface area contributed by atoms with Crippen LogP contribution in [-0.4, -0.2) is 27.4 Å². The monoisotopic (exact) mass is 592 g/mol. The standard InChI is InChI=1S/C38H50N3OSi/c1-9-34(39-5)38-26(3)42-27(4)40-24-29(38)20-21-33-31-18-14-15-19-32(31)36-23-30(22-28-16-12-11-13-17-28)37(43(6,7)8)25-41(36)35(33)10-2/h9-10,14-15,18-19,23,25,28,33,35,40H,1-4,11-13,16-17,20-22,24H2,5-8H3/q+1. The van der Waals surface area contributed by atoms with E-state index in [2.05, 4.69) is 103 Å². The lowest BCUT2D eigenvalue weighted by Crippen LogP contribution is -2.53. The lowest BCUT2D eigenvalue weighted by Gasteiger charge is -2.32. The van der Waals surface area contributed by atoms with E-state index in [-0.39, 0.29) is 12.0 Å². The fraction of sp³-hybridized carbons (Fsp3) is 0.421. The largest absolute Gasteiger partial charge is 0.442 e. The van der Waals surface area contributed by atoms with E-state index in [4.69, 9.17) is 4.74 Å². The maximum atomic E-state index is 5.88. The Morgan fingerprint density at radius 3 is 2.53 bits per heavy atom. The van der Waals surface area contributed by atoms with Gasteiger partial charge in [0, 0.05) is 36.0 Å². The molecule has 5 heteroatoms. The van der Waals surface area contributed by atoms with Gasteiger partial charge in [-0.2, -0.15) is 4.57 Å². The highest BCUT2D eigenvalue weighted by Gasteiger charge is 2.40. The first-order valence-electron chi connectivity index (χ1n) is 16.1. The number of rotatable bonds is 9. The highest BCUT2D eigenvalue weighted by atomic mass is 28.3. The zero-order valence-corrected chi connectivity index (χ0v) is 27.8. The van der Waals surface area contributed by atoms with Crippen LogP contribution in [0.5, 0.6) is 0 Å². The lowest BCUT2D eigenvalue weighted by molar-refractivity contribution is -0.706. The molecule has 1 aromatic heterocycles. The molecule has 4 nitrogen and oxygen atoms in total. The molecule has 2 atom stereocenters. The molecular formula is C38H50N3OSi+. The molecule has 3 heterocycles. The first kappa shape index (κ1) is 31.0. The van der Waals surface area contributed by atoms with Gasteiger partial charge in [-0.15, -0.1) is 0 Å². The fourth-order valence-corrected chi connectivity index (χ4v) is 9.22. The van der Waals surface area contributed by atoms with Crippen LogP contribution in [0, 0.1) is 5.92 Å². The van der Waals surface area contributed by atoms with Crippen LogP contribution in [0.3, 0.4) is 0 Å². The molecular weight excluding hydrogens is 543 g/mol. The average molecular weight is 593 g/mol. The van der Waals surface area contributed by atoms with Crippen LogP contribution in [0.1, 0.15) is 68.0 Å². The van der Waals surface area contributed by atoms with Gasteiger partial charge in [-0.25, -0.2) is 0 Å². The minimum absolute atomic E-state index is 0.166. The van der Waals surface area contributed by atoms with E-state index < -0.39 is 8.07 Å². The van der Waals surface area contributed by atoms with Gasteiger partial charge in [-0.1, -0.05) is 89.7 Å². The quantitative estimate of drug-likeness (QED) is 0.138. The number of allylic oxidation sites excluding steroid dienone is 3. The number of aliphatic imine (C=N–C) groups is 1. The second kappa shape index (κ2) is 13.0. The summed E-state index contributed by atoms with van der Waals surface area (Å²) < 4.78 is 8.44. The average Bonchev–Trinajstić information content (AvgIpc) is 3.13. The normalized spacial score (nSPS) is 21.3. The molecule has 2 unspecified atom stereocenters. The summed E-state index contributed by atoms with van der Waals surface area (Å²) >= 11 is 0. The Bertz CT molecular complexity index is 1480. The molecule has 1 saturated carbocycles. The molecule has 2 aliphatic heterocycles. The van der Waals surface area contributed by atoms with Crippen molar-refractivity contribution in [3.8, 4) is 11.3 Å². The number of hydrogen-bond donors (Lipinski definition) is 1. The second-order valence-electron chi connectivity index (χ2n) is 13.5. The van der Waals surface area contributed by atoms with E-state index in [1.807, 2.05) is 0 Å². The zero-order valence-electron chi connectivity index (χ0n) is 26.8. The minimum atomic E-state index is -1.60. The smallest absolute Gasteiger partial charge is 0.213 e. The van der Waals surface area contributed by atoms with Crippen LogP contribution in [0.2, 0.25) is 19.6 Å². The topological polar surface area (TPSA) is 37.5 Å². The van der Waals surface area contributed by atoms with Crippen LogP contribution in [0.4, 0.5) is 0 Å². The maximum absolute atomic E-state index is 5.88. The summed E-state index contributed by atoms with van der Waals surface area (Å²) in [5.74, 6) is 2.17. The predicted octanol–water partition coefficient (Wildman–Crippen LogP) is 8.07. The zero-order chi connectivity index (χ0) is 30.7. The molecule has 226 valence electrons. The highest BCUT2D eigenvalue weighted by molar-refractivity contribution is 6.89. The number of fused-ring (bicyclic) bond motifs is 3. The van der Waals surface area contributed by atoms with E-state index in [0.717, 1.165) is 30.0 Å². The minimum Gasteiger partial charge on any atom is -0.442 e. The van der Waals surface area contributed by atoms with Gasteiger partial charge in [-0.05, 0) is 66.7 Å². The summed E-state index contributed by atoms with van der Waals surface area (Å²) in [5.41, 5.74) is 8.64. The lowest BCUT2D eigenvalue weighted by atomic mass is 9.78. The van der Waals surface area contributed by atoms with Crippen molar-refractivity contribution in [1.29, 1.82) is 0 Å². The number of hydrogen-bond acceptors (Lipinski definition) is 3. The van der Waals surface area contributed by atoms with Crippen molar-refractivity contribution >= 4 is 19.0 Å². The van der Waals surface area contributed by atoms with Crippen LogP contribution in [-0.2, 0) is 11.2 Å². The molecule has 3 aliphatic rings. The van der Waals surface area contributed by atoms with Crippen molar-refractivity contribution in [3.05, 3.63) is 109 Å². The molecule has 5 rings (SSSR count). The molecule has 1 fully saturated rings. The molecule has 1 N–H and O–H groups in total. The Hall–Kier alpha value is -3.44. The van der Waals surface area contributed by atoms with E-state index >= 15 is 0 Å². The van der Waals surface area contributed by atoms with Crippen molar-refractivity contribution < 1.29 is 9.30 Å². The van der Waals surface area contributed by atoms with Crippen molar-refractivity contribution in [2.45, 2.75) is 83.0 Å². The second-order valence-corrected chi connectivity index (χ2v) is 18.6. The number of pyridine rings is 1. The molecule has 2 aromatic rings. The number of nitrogens with one attached hydrogen (secondary N) is 1.